The molecule has 0 fully saturated rings. The Morgan fingerprint density at radius 3 is 2.35 bits per heavy atom. The van der Waals surface area contributed by atoms with Crippen LogP contribution in [0.2, 0.25) is 0 Å². The summed E-state index contributed by atoms with van der Waals surface area (Å²) in [6.07, 6.45) is 0.470. The molecular formula is C21H30N2O3. The number of benzene rings is 2. The molecule has 0 bridgehead atoms. The van der Waals surface area contributed by atoms with E-state index in [1.165, 1.54) is 5.56 Å². The zero-order valence-corrected chi connectivity index (χ0v) is 15.7. The Kier molecular flexibility index (Phi) is 8.96. The summed E-state index contributed by atoms with van der Waals surface area (Å²) in [4.78, 5) is 0. The van der Waals surface area contributed by atoms with Crippen LogP contribution in [0.25, 0.3) is 0 Å². The Labute approximate surface area is 156 Å². The van der Waals surface area contributed by atoms with Crippen molar-refractivity contribution in [2.75, 3.05) is 33.4 Å². The average Bonchev–Trinajstić information content (AvgIpc) is 2.67. The zero-order valence-electron chi connectivity index (χ0n) is 15.7. The van der Waals surface area contributed by atoms with Gasteiger partial charge in [-0.1, -0.05) is 30.3 Å². The molecule has 0 aliphatic heterocycles. The van der Waals surface area contributed by atoms with Gasteiger partial charge in [0.05, 0.1) is 7.11 Å². The highest BCUT2D eigenvalue weighted by atomic mass is 16.5. The van der Waals surface area contributed by atoms with Crippen molar-refractivity contribution in [2.45, 2.75) is 25.5 Å². The maximum atomic E-state index is 9.98. The number of nitrogens with one attached hydrogen (secondary N) is 2. The van der Waals surface area contributed by atoms with Gasteiger partial charge in [0.2, 0.25) is 0 Å². The summed E-state index contributed by atoms with van der Waals surface area (Å²) < 4.78 is 10.7. The lowest BCUT2D eigenvalue weighted by Crippen LogP contribution is -2.38. The van der Waals surface area contributed by atoms with Crippen LogP contribution in [-0.2, 0) is 6.42 Å². The number of aliphatic hydroxyl groups is 1. The first-order chi connectivity index (χ1) is 12.7. The Bertz CT molecular complexity index is 604. The largest absolute Gasteiger partial charge is 0.497 e. The van der Waals surface area contributed by atoms with E-state index in [2.05, 4.69) is 41.8 Å². The second-order valence-corrected chi connectivity index (χ2v) is 6.39. The maximum Gasteiger partial charge on any atom is 0.119 e. The maximum absolute atomic E-state index is 9.98. The van der Waals surface area contributed by atoms with Crippen molar-refractivity contribution in [1.29, 1.82) is 0 Å². The smallest absolute Gasteiger partial charge is 0.119 e. The van der Waals surface area contributed by atoms with E-state index < -0.39 is 6.10 Å². The van der Waals surface area contributed by atoms with Gasteiger partial charge in [-0.15, -0.1) is 0 Å². The molecule has 0 amide bonds. The van der Waals surface area contributed by atoms with E-state index in [1.807, 2.05) is 30.3 Å². The molecule has 0 spiro atoms. The fraction of sp³-hybridized carbons (Fsp3) is 0.429. The Balaban J connectivity index is 1.52. The van der Waals surface area contributed by atoms with Crippen LogP contribution in [0.3, 0.4) is 0 Å². The highest BCUT2D eigenvalue weighted by molar-refractivity contribution is 5.31. The molecule has 2 aromatic carbocycles. The first-order valence-corrected chi connectivity index (χ1v) is 9.10. The summed E-state index contributed by atoms with van der Waals surface area (Å²) in [5.41, 5.74) is 1.34. The normalized spacial score (nSPS) is 13.2. The zero-order chi connectivity index (χ0) is 18.6. The molecule has 0 saturated carbocycles. The number of hydrogen-bond acceptors (Lipinski definition) is 5. The molecule has 0 heterocycles. The third-order valence-electron chi connectivity index (χ3n) is 4.06. The van der Waals surface area contributed by atoms with E-state index in [0.29, 0.717) is 12.6 Å². The van der Waals surface area contributed by atoms with Gasteiger partial charge < -0.3 is 25.2 Å². The SMILES string of the molecule is COc1ccc(OCC(O)CNCCNC(C)Cc2ccccc2)cc1. The number of ether oxygens (including phenoxy) is 2. The summed E-state index contributed by atoms with van der Waals surface area (Å²) in [5.74, 6) is 1.51. The van der Waals surface area contributed by atoms with Gasteiger partial charge in [0.25, 0.3) is 0 Å². The van der Waals surface area contributed by atoms with Gasteiger partial charge in [0, 0.05) is 25.7 Å². The molecule has 3 N–H and O–H groups in total. The van der Waals surface area contributed by atoms with E-state index >= 15 is 0 Å². The quantitative estimate of drug-likeness (QED) is 0.508. The minimum Gasteiger partial charge on any atom is -0.497 e. The molecule has 142 valence electrons. The molecule has 2 atom stereocenters. The molecular weight excluding hydrogens is 328 g/mol. The molecule has 0 radical (unpaired) electrons. The van der Waals surface area contributed by atoms with Crippen molar-refractivity contribution in [3.8, 4) is 11.5 Å². The summed E-state index contributed by atoms with van der Waals surface area (Å²) in [7, 11) is 1.63. The fourth-order valence-electron chi connectivity index (χ4n) is 2.64. The van der Waals surface area contributed by atoms with Gasteiger partial charge in [0.15, 0.2) is 0 Å². The van der Waals surface area contributed by atoms with Crippen LogP contribution < -0.4 is 20.1 Å². The second-order valence-electron chi connectivity index (χ2n) is 6.39. The van der Waals surface area contributed by atoms with Crippen LogP contribution in [0.4, 0.5) is 0 Å². The van der Waals surface area contributed by atoms with Gasteiger partial charge >= 0.3 is 0 Å². The molecule has 2 unspecified atom stereocenters. The predicted octanol–water partition coefficient (Wildman–Crippen LogP) is 2.25. The van der Waals surface area contributed by atoms with Crippen LogP contribution in [0.1, 0.15) is 12.5 Å². The second kappa shape index (κ2) is 11.5. The van der Waals surface area contributed by atoms with Crippen molar-refractivity contribution in [3.63, 3.8) is 0 Å². The molecule has 5 heteroatoms. The van der Waals surface area contributed by atoms with Gasteiger partial charge in [-0.05, 0) is 43.2 Å². The standard InChI is InChI=1S/C21H30N2O3/c1-17(14-18-6-4-3-5-7-18)23-13-12-22-15-19(24)16-26-21-10-8-20(25-2)9-11-21/h3-11,17,19,22-24H,12-16H2,1-2H3. The van der Waals surface area contributed by atoms with Crippen molar-refractivity contribution in [1.82, 2.24) is 10.6 Å². The predicted molar refractivity (Wildman–Crippen MR) is 105 cm³/mol. The van der Waals surface area contributed by atoms with Gasteiger partial charge in [-0.3, -0.25) is 0 Å². The van der Waals surface area contributed by atoms with Gasteiger partial charge in [-0.2, -0.15) is 0 Å². The minimum atomic E-state index is -0.543. The number of methoxy groups -OCH3 is 1. The molecule has 5 nitrogen and oxygen atoms in total. The lowest BCUT2D eigenvalue weighted by atomic mass is 10.1. The first kappa shape index (κ1) is 20.2. The molecule has 0 saturated heterocycles. The van der Waals surface area contributed by atoms with Crippen LogP contribution in [0.15, 0.2) is 54.6 Å². The molecule has 0 aromatic heterocycles. The molecule has 0 aliphatic rings. The lowest BCUT2D eigenvalue weighted by Gasteiger charge is -2.16. The third-order valence-corrected chi connectivity index (χ3v) is 4.06. The third kappa shape index (κ3) is 7.87. The van der Waals surface area contributed by atoms with Crippen LogP contribution in [0.5, 0.6) is 11.5 Å². The van der Waals surface area contributed by atoms with E-state index in [4.69, 9.17) is 9.47 Å². The molecule has 26 heavy (non-hydrogen) atoms. The van der Waals surface area contributed by atoms with Crippen molar-refractivity contribution in [3.05, 3.63) is 60.2 Å². The van der Waals surface area contributed by atoms with Crippen LogP contribution in [0, 0.1) is 0 Å². The summed E-state index contributed by atoms with van der Waals surface area (Å²) >= 11 is 0. The van der Waals surface area contributed by atoms with Gasteiger partial charge in [-0.25, -0.2) is 0 Å². The summed E-state index contributed by atoms with van der Waals surface area (Å²) in [6, 6.07) is 18.2. The topological polar surface area (TPSA) is 62.8 Å². The number of hydrogen-bond donors (Lipinski definition) is 3. The lowest BCUT2D eigenvalue weighted by molar-refractivity contribution is 0.106. The molecule has 2 aromatic rings. The van der Waals surface area contributed by atoms with Crippen molar-refractivity contribution in [2.24, 2.45) is 0 Å². The van der Waals surface area contributed by atoms with E-state index in [1.54, 1.807) is 7.11 Å². The highest BCUT2D eigenvalue weighted by Crippen LogP contribution is 2.16. The highest BCUT2D eigenvalue weighted by Gasteiger charge is 2.06. The van der Waals surface area contributed by atoms with Gasteiger partial charge in [0.1, 0.15) is 24.2 Å². The van der Waals surface area contributed by atoms with E-state index in [9.17, 15) is 5.11 Å². The van der Waals surface area contributed by atoms with Crippen molar-refractivity contribution < 1.29 is 14.6 Å². The van der Waals surface area contributed by atoms with E-state index in [-0.39, 0.29) is 6.61 Å². The summed E-state index contributed by atoms with van der Waals surface area (Å²) in [5, 5.41) is 16.7. The fourth-order valence-corrected chi connectivity index (χ4v) is 2.64. The summed E-state index contributed by atoms with van der Waals surface area (Å²) in [6.45, 7) is 4.62. The minimum absolute atomic E-state index is 0.261. The number of aliphatic hydroxyl groups excluding tert-OH is 1. The van der Waals surface area contributed by atoms with Crippen molar-refractivity contribution >= 4 is 0 Å². The average molecular weight is 358 g/mol. The Morgan fingerprint density at radius 1 is 0.962 bits per heavy atom. The first-order valence-electron chi connectivity index (χ1n) is 9.10. The van der Waals surface area contributed by atoms with Crippen LogP contribution >= 0.6 is 0 Å². The van der Waals surface area contributed by atoms with E-state index in [0.717, 1.165) is 31.0 Å². The monoisotopic (exact) mass is 358 g/mol. The number of rotatable bonds is 12. The Hall–Kier alpha value is -2.08. The molecule has 0 aliphatic carbocycles. The molecule has 2 rings (SSSR count). The Morgan fingerprint density at radius 2 is 1.65 bits per heavy atom. The van der Waals surface area contributed by atoms with Crippen LogP contribution in [-0.4, -0.2) is 50.6 Å².